The van der Waals surface area contributed by atoms with Crippen LogP contribution in [0, 0.1) is 0 Å². The number of hydrogen-bond acceptors (Lipinski definition) is 4. The lowest BCUT2D eigenvalue weighted by Gasteiger charge is -2.36. The maximum Gasteiger partial charge on any atom is 0.416 e. The van der Waals surface area contributed by atoms with Gasteiger partial charge in [-0.05, 0) is 54.8 Å². The fourth-order valence-electron chi connectivity index (χ4n) is 4.86. The smallest absolute Gasteiger partial charge is 0.368 e. The van der Waals surface area contributed by atoms with Crippen LogP contribution in [-0.2, 0) is 6.18 Å². The van der Waals surface area contributed by atoms with Gasteiger partial charge in [0.2, 0.25) is 0 Å². The minimum atomic E-state index is -4.32. The van der Waals surface area contributed by atoms with Crippen LogP contribution in [0.25, 0.3) is 21.2 Å². The SMILES string of the molecule is Cl.O=C(NCCCCN1CCN(c2csc3cc(C(F)(F)F)ccc23)CC1)c1ccc(-c2ccccc2)cc1. The first-order valence-corrected chi connectivity index (χ1v) is 13.8. The van der Waals surface area contributed by atoms with E-state index in [-0.39, 0.29) is 18.3 Å². The molecule has 1 N–H and O–H groups in total. The monoisotopic (exact) mass is 573 g/mol. The molecule has 206 valence electrons. The maximum absolute atomic E-state index is 13.0. The summed E-state index contributed by atoms with van der Waals surface area (Å²) in [7, 11) is 0. The standard InChI is InChI=1S/C30H30F3N3OS.ClH/c31-30(32,33)25-12-13-26-27(21-38-28(26)20-25)36-18-16-35(17-19-36)15-5-4-14-34-29(37)24-10-8-23(9-11-24)22-6-2-1-3-7-22;/h1-3,6-13,20-21H,4-5,14-19H2,(H,34,37);1H. The number of nitrogens with zero attached hydrogens (tertiary/aromatic N) is 2. The number of alkyl halides is 3. The summed E-state index contributed by atoms with van der Waals surface area (Å²) >= 11 is 1.37. The normalized spacial score (nSPS) is 14.3. The highest BCUT2D eigenvalue weighted by Crippen LogP contribution is 2.38. The highest BCUT2D eigenvalue weighted by atomic mass is 35.5. The Balaban J connectivity index is 0.00000353. The molecule has 1 saturated heterocycles. The Kier molecular flexibility index (Phi) is 9.53. The van der Waals surface area contributed by atoms with Crippen molar-refractivity contribution < 1.29 is 18.0 Å². The molecule has 1 aromatic heterocycles. The van der Waals surface area contributed by atoms with Crippen molar-refractivity contribution in [1.29, 1.82) is 0 Å². The lowest BCUT2D eigenvalue weighted by atomic mass is 10.0. The average molecular weight is 574 g/mol. The Bertz CT molecular complexity index is 1370. The van der Waals surface area contributed by atoms with E-state index in [1.165, 1.54) is 23.5 Å². The van der Waals surface area contributed by atoms with Crippen molar-refractivity contribution in [3.8, 4) is 11.1 Å². The first-order chi connectivity index (χ1) is 18.4. The summed E-state index contributed by atoms with van der Waals surface area (Å²) in [5, 5.41) is 5.88. The third kappa shape index (κ3) is 7.12. The molecule has 39 heavy (non-hydrogen) atoms. The van der Waals surface area contributed by atoms with Crippen molar-refractivity contribution in [2.45, 2.75) is 19.0 Å². The van der Waals surface area contributed by atoms with Crippen LogP contribution < -0.4 is 10.2 Å². The number of carbonyl (C=O) groups is 1. The second-order valence-corrected chi connectivity index (χ2v) is 10.5. The van der Waals surface area contributed by atoms with Gasteiger partial charge >= 0.3 is 6.18 Å². The number of piperazine rings is 1. The summed E-state index contributed by atoms with van der Waals surface area (Å²) in [6.07, 6.45) is -2.42. The van der Waals surface area contributed by atoms with Crippen molar-refractivity contribution >= 4 is 45.4 Å². The van der Waals surface area contributed by atoms with Gasteiger partial charge in [-0.1, -0.05) is 48.5 Å². The lowest BCUT2D eigenvalue weighted by Crippen LogP contribution is -2.46. The molecule has 0 aliphatic carbocycles. The van der Waals surface area contributed by atoms with E-state index in [1.54, 1.807) is 6.07 Å². The Morgan fingerprint density at radius 3 is 2.26 bits per heavy atom. The zero-order valence-electron chi connectivity index (χ0n) is 21.4. The van der Waals surface area contributed by atoms with E-state index in [9.17, 15) is 18.0 Å². The van der Waals surface area contributed by atoms with Gasteiger partial charge in [0.05, 0.1) is 11.3 Å². The highest BCUT2D eigenvalue weighted by molar-refractivity contribution is 7.17. The second-order valence-electron chi connectivity index (χ2n) is 9.56. The number of nitrogens with one attached hydrogen (secondary N) is 1. The molecule has 0 bridgehead atoms. The molecular weight excluding hydrogens is 543 g/mol. The summed E-state index contributed by atoms with van der Waals surface area (Å²) < 4.78 is 39.7. The fourth-order valence-corrected chi connectivity index (χ4v) is 5.87. The van der Waals surface area contributed by atoms with Gasteiger partial charge in [0, 0.05) is 53.8 Å². The molecule has 1 amide bonds. The molecule has 2 heterocycles. The number of amides is 1. The van der Waals surface area contributed by atoms with Gasteiger partial charge in [0.25, 0.3) is 5.91 Å². The summed E-state index contributed by atoms with van der Waals surface area (Å²) in [4.78, 5) is 17.2. The number of carbonyl (C=O) groups excluding carboxylic acids is 1. The molecule has 1 aliphatic rings. The zero-order chi connectivity index (χ0) is 26.5. The lowest BCUT2D eigenvalue weighted by molar-refractivity contribution is -0.137. The minimum Gasteiger partial charge on any atom is -0.368 e. The molecule has 5 rings (SSSR count). The Morgan fingerprint density at radius 2 is 1.56 bits per heavy atom. The summed E-state index contributed by atoms with van der Waals surface area (Å²) in [5.74, 6) is -0.0523. The van der Waals surface area contributed by atoms with E-state index in [0.717, 1.165) is 67.8 Å². The van der Waals surface area contributed by atoms with Crippen molar-refractivity contribution in [3.63, 3.8) is 0 Å². The molecule has 4 nitrogen and oxygen atoms in total. The third-order valence-electron chi connectivity index (χ3n) is 7.04. The highest BCUT2D eigenvalue weighted by Gasteiger charge is 2.31. The van der Waals surface area contributed by atoms with E-state index in [4.69, 9.17) is 0 Å². The van der Waals surface area contributed by atoms with Crippen LogP contribution in [0.3, 0.4) is 0 Å². The van der Waals surface area contributed by atoms with E-state index >= 15 is 0 Å². The number of unbranched alkanes of at least 4 members (excludes halogenated alkanes) is 1. The van der Waals surface area contributed by atoms with Gasteiger partial charge in [-0.2, -0.15) is 13.2 Å². The first-order valence-electron chi connectivity index (χ1n) is 12.9. The molecule has 0 saturated carbocycles. The number of thiophene rings is 1. The van der Waals surface area contributed by atoms with Crippen LogP contribution in [0.15, 0.2) is 78.2 Å². The van der Waals surface area contributed by atoms with Gasteiger partial charge in [0.1, 0.15) is 0 Å². The third-order valence-corrected chi connectivity index (χ3v) is 7.97. The molecule has 4 aromatic rings. The molecule has 1 fully saturated rings. The van der Waals surface area contributed by atoms with Gasteiger partial charge in [-0.25, -0.2) is 0 Å². The van der Waals surface area contributed by atoms with Crippen molar-refractivity contribution in [1.82, 2.24) is 10.2 Å². The van der Waals surface area contributed by atoms with Crippen LogP contribution in [0.1, 0.15) is 28.8 Å². The Morgan fingerprint density at radius 1 is 0.872 bits per heavy atom. The van der Waals surface area contributed by atoms with Crippen molar-refractivity contribution in [2.24, 2.45) is 0 Å². The first kappa shape index (κ1) is 28.9. The van der Waals surface area contributed by atoms with Crippen LogP contribution in [0.5, 0.6) is 0 Å². The van der Waals surface area contributed by atoms with Crippen LogP contribution in [0.4, 0.5) is 18.9 Å². The van der Waals surface area contributed by atoms with Gasteiger partial charge in [-0.3, -0.25) is 9.69 Å². The average Bonchev–Trinajstić information content (AvgIpc) is 3.37. The Hall–Kier alpha value is -3.07. The van der Waals surface area contributed by atoms with Crippen molar-refractivity contribution in [3.05, 3.63) is 89.3 Å². The van der Waals surface area contributed by atoms with Crippen LogP contribution >= 0.6 is 23.7 Å². The maximum atomic E-state index is 13.0. The molecule has 0 unspecified atom stereocenters. The summed E-state index contributed by atoms with van der Waals surface area (Å²) in [6.45, 7) is 5.14. The summed E-state index contributed by atoms with van der Waals surface area (Å²) in [6, 6.07) is 21.8. The van der Waals surface area contributed by atoms with E-state index in [1.807, 2.05) is 47.8 Å². The predicted molar refractivity (Wildman–Crippen MR) is 156 cm³/mol. The number of anilines is 1. The molecule has 1 aliphatic heterocycles. The largest absolute Gasteiger partial charge is 0.416 e. The van der Waals surface area contributed by atoms with Gasteiger partial charge < -0.3 is 10.2 Å². The van der Waals surface area contributed by atoms with E-state index in [2.05, 4.69) is 27.2 Å². The minimum absolute atomic E-state index is 0. The predicted octanol–water partition coefficient (Wildman–Crippen LogP) is 7.34. The number of halogens is 4. The zero-order valence-corrected chi connectivity index (χ0v) is 23.0. The molecule has 3 aromatic carbocycles. The number of benzene rings is 3. The van der Waals surface area contributed by atoms with Gasteiger partial charge in [-0.15, -0.1) is 23.7 Å². The molecule has 0 spiro atoms. The molecule has 0 atom stereocenters. The van der Waals surface area contributed by atoms with Gasteiger partial charge in [0.15, 0.2) is 0 Å². The second kappa shape index (κ2) is 12.9. The number of fused-ring (bicyclic) bond motifs is 1. The molecular formula is C30H31ClF3N3OS. The Labute approximate surface area is 236 Å². The van der Waals surface area contributed by atoms with Crippen molar-refractivity contribution in [2.75, 3.05) is 44.2 Å². The number of rotatable bonds is 8. The fraction of sp³-hybridized carbons (Fsp3) is 0.300. The quantitative estimate of drug-likeness (QED) is 0.224. The van der Waals surface area contributed by atoms with Crippen LogP contribution in [0.2, 0.25) is 0 Å². The summed E-state index contributed by atoms with van der Waals surface area (Å²) in [5.41, 5.74) is 3.31. The van der Waals surface area contributed by atoms with E-state index in [0.29, 0.717) is 16.8 Å². The molecule has 9 heteroatoms. The van der Waals surface area contributed by atoms with E-state index < -0.39 is 11.7 Å². The van der Waals surface area contributed by atoms with Crippen LogP contribution in [-0.4, -0.2) is 50.1 Å². The molecule has 0 radical (unpaired) electrons. The topological polar surface area (TPSA) is 35.6 Å². The number of hydrogen-bond donors (Lipinski definition) is 1.